The lowest BCUT2D eigenvalue weighted by atomic mass is 9.98. The summed E-state index contributed by atoms with van der Waals surface area (Å²) in [6.07, 6.45) is 3.95. The molecule has 74 valence electrons. The Balaban J connectivity index is 0.000000354. The molecule has 12 heavy (non-hydrogen) atoms. The molecule has 1 aliphatic heterocycles. The second kappa shape index (κ2) is 9.01. The van der Waals surface area contributed by atoms with E-state index < -0.39 is 0 Å². The molecule has 2 N–H and O–H groups in total. The Morgan fingerprint density at radius 2 is 1.75 bits per heavy atom. The van der Waals surface area contributed by atoms with Crippen molar-refractivity contribution in [3.63, 3.8) is 0 Å². The number of hydrogen-bond acceptors (Lipinski definition) is 2. The van der Waals surface area contributed by atoms with Gasteiger partial charge in [0.15, 0.2) is 0 Å². The highest BCUT2D eigenvalue weighted by atomic mass is 14.9. The maximum Gasteiger partial charge on any atom is -0.00226 e. The highest BCUT2D eigenvalue weighted by Crippen LogP contribution is 2.08. The van der Waals surface area contributed by atoms with Gasteiger partial charge in [-0.1, -0.05) is 20.3 Å². The SMILES string of the molecule is CCC.CNCC1CCNCC1. The van der Waals surface area contributed by atoms with Crippen LogP contribution in [-0.2, 0) is 0 Å². The van der Waals surface area contributed by atoms with E-state index in [2.05, 4.69) is 24.5 Å². The van der Waals surface area contributed by atoms with E-state index in [0.29, 0.717) is 0 Å². The molecule has 0 aliphatic carbocycles. The van der Waals surface area contributed by atoms with Crippen LogP contribution in [-0.4, -0.2) is 26.7 Å². The molecular weight excluding hydrogens is 148 g/mol. The molecular formula is C10H24N2. The number of piperidine rings is 1. The zero-order valence-corrected chi connectivity index (χ0v) is 8.82. The lowest BCUT2D eigenvalue weighted by Gasteiger charge is -2.21. The number of hydrogen-bond donors (Lipinski definition) is 2. The van der Waals surface area contributed by atoms with Crippen molar-refractivity contribution in [2.24, 2.45) is 5.92 Å². The van der Waals surface area contributed by atoms with Crippen molar-refractivity contribution in [3.05, 3.63) is 0 Å². The minimum atomic E-state index is 0.927. The van der Waals surface area contributed by atoms with Gasteiger partial charge in [-0.2, -0.15) is 0 Å². The standard InChI is InChI=1S/C7H16N2.C3H8/c1-8-6-7-2-4-9-5-3-7;1-3-2/h7-9H,2-6H2,1H3;3H2,1-2H3. The maximum atomic E-state index is 3.35. The van der Waals surface area contributed by atoms with Gasteiger partial charge in [0.2, 0.25) is 0 Å². The molecule has 1 fully saturated rings. The van der Waals surface area contributed by atoms with E-state index >= 15 is 0 Å². The van der Waals surface area contributed by atoms with Gasteiger partial charge in [-0.05, 0) is 45.4 Å². The third-order valence-corrected chi connectivity index (χ3v) is 1.95. The van der Waals surface area contributed by atoms with Crippen LogP contribution >= 0.6 is 0 Å². The van der Waals surface area contributed by atoms with E-state index in [0.717, 1.165) is 5.92 Å². The van der Waals surface area contributed by atoms with Crippen LogP contribution in [0.2, 0.25) is 0 Å². The Kier molecular flexibility index (Phi) is 8.95. The summed E-state index contributed by atoms with van der Waals surface area (Å²) in [5.74, 6) is 0.927. The average Bonchev–Trinajstić information content (AvgIpc) is 2.08. The normalized spacial score (nSPS) is 18.2. The van der Waals surface area contributed by atoms with Crippen LogP contribution in [0.15, 0.2) is 0 Å². The molecule has 1 saturated heterocycles. The molecule has 0 radical (unpaired) electrons. The third kappa shape index (κ3) is 6.62. The highest BCUT2D eigenvalue weighted by Gasteiger charge is 2.10. The second-order valence-electron chi connectivity index (χ2n) is 3.46. The fraction of sp³-hybridized carbons (Fsp3) is 1.00. The summed E-state index contributed by atoms with van der Waals surface area (Å²) in [6.45, 7) is 7.88. The minimum absolute atomic E-state index is 0.927. The van der Waals surface area contributed by atoms with Crippen molar-refractivity contribution in [2.75, 3.05) is 26.7 Å². The first-order valence-corrected chi connectivity index (χ1v) is 5.20. The molecule has 0 bridgehead atoms. The van der Waals surface area contributed by atoms with Crippen molar-refractivity contribution >= 4 is 0 Å². The van der Waals surface area contributed by atoms with Gasteiger partial charge in [0.1, 0.15) is 0 Å². The Morgan fingerprint density at radius 3 is 2.17 bits per heavy atom. The van der Waals surface area contributed by atoms with Gasteiger partial charge in [-0.25, -0.2) is 0 Å². The van der Waals surface area contributed by atoms with Crippen molar-refractivity contribution in [2.45, 2.75) is 33.1 Å². The molecule has 0 amide bonds. The molecule has 0 atom stereocenters. The largest absolute Gasteiger partial charge is 0.319 e. The third-order valence-electron chi connectivity index (χ3n) is 1.95. The smallest absolute Gasteiger partial charge is 0.00226 e. The highest BCUT2D eigenvalue weighted by molar-refractivity contribution is 4.69. The molecule has 0 aromatic carbocycles. The summed E-state index contributed by atoms with van der Waals surface area (Å²) >= 11 is 0. The Labute approximate surface area is 77.1 Å². The lowest BCUT2D eigenvalue weighted by Crippen LogP contribution is -2.32. The fourth-order valence-electron chi connectivity index (χ4n) is 1.37. The van der Waals surface area contributed by atoms with Gasteiger partial charge in [-0.3, -0.25) is 0 Å². The summed E-state index contributed by atoms with van der Waals surface area (Å²) in [7, 11) is 2.03. The van der Waals surface area contributed by atoms with Crippen molar-refractivity contribution in [1.29, 1.82) is 0 Å². The average molecular weight is 172 g/mol. The van der Waals surface area contributed by atoms with Gasteiger partial charge >= 0.3 is 0 Å². The van der Waals surface area contributed by atoms with E-state index in [1.807, 2.05) is 7.05 Å². The van der Waals surface area contributed by atoms with Crippen LogP contribution in [0, 0.1) is 5.92 Å². The van der Waals surface area contributed by atoms with Crippen LogP contribution in [0.1, 0.15) is 33.1 Å². The summed E-state index contributed by atoms with van der Waals surface area (Å²) in [6, 6.07) is 0. The summed E-state index contributed by atoms with van der Waals surface area (Å²) in [5.41, 5.74) is 0. The van der Waals surface area contributed by atoms with Crippen LogP contribution in [0.5, 0.6) is 0 Å². The quantitative estimate of drug-likeness (QED) is 0.661. The van der Waals surface area contributed by atoms with Crippen molar-refractivity contribution in [1.82, 2.24) is 10.6 Å². The predicted molar refractivity (Wildman–Crippen MR) is 55.5 cm³/mol. The monoisotopic (exact) mass is 172 g/mol. The molecule has 0 aromatic heterocycles. The van der Waals surface area contributed by atoms with E-state index in [4.69, 9.17) is 0 Å². The first-order chi connectivity index (χ1) is 5.85. The summed E-state index contributed by atoms with van der Waals surface area (Å²) in [5, 5.41) is 6.55. The predicted octanol–water partition coefficient (Wildman–Crippen LogP) is 1.62. The van der Waals surface area contributed by atoms with Gasteiger partial charge in [-0.15, -0.1) is 0 Å². The number of nitrogens with one attached hydrogen (secondary N) is 2. The van der Waals surface area contributed by atoms with E-state index in [9.17, 15) is 0 Å². The van der Waals surface area contributed by atoms with E-state index in [1.54, 1.807) is 0 Å². The molecule has 1 aliphatic rings. The molecule has 2 nitrogen and oxygen atoms in total. The number of rotatable bonds is 2. The second-order valence-corrected chi connectivity index (χ2v) is 3.46. The molecule has 1 rings (SSSR count). The Morgan fingerprint density at radius 1 is 1.25 bits per heavy atom. The minimum Gasteiger partial charge on any atom is -0.319 e. The molecule has 0 unspecified atom stereocenters. The Bertz CT molecular complexity index is 75.2. The zero-order chi connectivity index (χ0) is 9.23. The molecule has 1 heterocycles. The topological polar surface area (TPSA) is 24.1 Å². The zero-order valence-electron chi connectivity index (χ0n) is 8.82. The lowest BCUT2D eigenvalue weighted by molar-refractivity contribution is 0.365. The van der Waals surface area contributed by atoms with Gasteiger partial charge in [0.05, 0.1) is 0 Å². The first-order valence-electron chi connectivity index (χ1n) is 5.20. The van der Waals surface area contributed by atoms with Gasteiger partial charge in [0, 0.05) is 0 Å². The molecule has 0 aromatic rings. The molecule has 0 spiro atoms. The van der Waals surface area contributed by atoms with Crippen molar-refractivity contribution < 1.29 is 0 Å². The van der Waals surface area contributed by atoms with Crippen LogP contribution < -0.4 is 10.6 Å². The summed E-state index contributed by atoms with van der Waals surface area (Å²) < 4.78 is 0. The molecule has 2 heteroatoms. The van der Waals surface area contributed by atoms with Crippen molar-refractivity contribution in [3.8, 4) is 0 Å². The van der Waals surface area contributed by atoms with E-state index in [1.165, 1.54) is 38.9 Å². The van der Waals surface area contributed by atoms with Crippen LogP contribution in [0.4, 0.5) is 0 Å². The van der Waals surface area contributed by atoms with Gasteiger partial charge in [0.25, 0.3) is 0 Å². The molecule has 0 saturated carbocycles. The van der Waals surface area contributed by atoms with Crippen LogP contribution in [0.25, 0.3) is 0 Å². The maximum absolute atomic E-state index is 3.35. The Hall–Kier alpha value is -0.0800. The fourth-order valence-corrected chi connectivity index (χ4v) is 1.37. The van der Waals surface area contributed by atoms with Gasteiger partial charge < -0.3 is 10.6 Å². The van der Waals surface area contributed by atoms with E-state index in [-0.39, 0.29) is 0 Å². The first kappa shape index (κ1) is 11.9. The van der Waals surface area contributed by atoms with Crippen LogP contribution in [0.3, 0.4) is 0 Å². The summed E-state index contributed by atoms with van der Waals surface area (Å²) in [4.78, 5) is 0.